The first kappa shape index (κ1) is 28.8. The molecule has 0 heterocycles. The van der Waals surface area contributed by atoms with E-state index in [9.17, 15) is 0 Å². The summed E-state index contributed by atoms with van der Waals surface area (Å²) in [6, 6.07) is 0. The molecule has 0 saturated heterocycles. The molecule has 2 rings (SSSR count). The van der Waals surface area contributed by atoms with Crippen LogP contribution in [-0.2, 0) is 23.3 Å². The predicted octanol–water partition coefficient (Wildman–Crippen LogP) is 6.60. The number of hydrogen-bond donors (Lipinski definition) is 0. The van der Waals surface area contributed by atoms with Gasteiger partial charge in [-0.1, -0.05) is 54.4 Å². The zero-order valence-electron chi connectivity index (χ0n) is 17.5. The molecule has 24 heavy (non-hydrogen) atoms. The number of allylic oxidation sites excluding steroid dienone is 8. The average molecular weight is 420 g/mol. The molecule has 0 fully saturated rings. The normalized spacial score (nSPS) is 18.5. The van der Waals surface area contributed by atoms with Gasteiger partial charge in [0.05, 0.1) is 0 Å². The Hall–Kier alpha value is 0.0600. The van der Waals surface area contributed by atoms with Crippen LogP contribution in [0.3, 0.4) is 0 Å². The fourth-order valence-corrected chi connectivity index (χ4v) is 2.16. The first-order chi connectivity index (χ1) is 10.00. The van der Waals surface area contributed by atoms with Crippen molar-refractivity contribution in [2.45, 2.75) is 61.8 Å². The van der Waals surface area contributed by atoms with Crippen LogP contribution in [0.4, 0.5) is 0 Å². The summed E-state index contributed by atoms with van der Waals surface area (Å²) in [7, 11) is 0. The van der Waals surface area contributed by atoms with Gasteiger partial charge in [0.2, 0.25) is 0 Å². The second-order valence-corrected chi connectivity index (χ2v) is 8.02. The topological polar surface area (TPSA) is 0 Å². The Morgan fingerprint density at radius 1 is 1.04 bits per heavy atom. The van der Waals surface area contributed by atoms with E-state index in [2.05, 4.69) is 92.6 Å². The van der Waals surface area contributed by atoms with Crippen LogP contribution < -0.4 is 0 Å². The first-order valence-corrected chi connectivity index (χ1v) is 12.0. The van der Waals surface area contributed by atoms with Crippen molar-refractivity contribution in [1.82, 2.24) is 0 Å². The second kappa shape index (κ2) is 12.4. The standard InChI is InChI=1S/2C10H15.2CH3.Si.Zr/c2*1-8-5-6-9(7-8)10(2,3)4;;;;/h7H,6H2,1-4H3;5,7,9H,1-4H3;2*1H3;;/q4*-1;;. The maximum atomic E-state index is 3.33. The van der Waals surface area contributed by atoms with E-state index in [0.717, 1.165) is 6.42 Å². The Morgan fingerprint density at radius 3 is 1.71 bits per heavy atom. The summed E-state index contributed by atoms with van der Waals surface area (Å²) >= 11 is 1.36. The van der Waals surface area contributed by atoms with Gasteiger partial charge in [0, 0.05) is 0 Å². The molecule has 0 nitrogen and oxygen atoms in total. The molecule has 0 N–H and O–H groups in total. The summed E-state index contributed by atoms with van der Waals surface area (Å²) in [4.78, 5) is 0. The van der Waals surface area contributed by atoms with Gasteiger partial charge >= 0.3 is 30.2 Å². The molecule has 0 aromatic rings. The van der Waals surface area contributed by atoms with Gasteiger partial charge in [-0.2, -0.15) is 11.6 Å². The third-order valence-corrected chi connectivity index (χ3v) is 3.76. The van der Waals surface area contributed by atoms with Crippen molar-refractivity contribution < 1.29 is 23.3 Å². The molecular weight excluding hydrogens is 384 g/mol. The summed E-state index contributed by atoms with van der Waals surface area (Å²) in [5.41, 5.74) is 4.83. The molecule has 2 aliphatic rings. The van der Waals surface area contributed by atoms with Crippen molar-refractivity contribution in [2.24, 2.45) is 16.7 Å². The predicted molar refractivity (Wildman–Crippen MR) is 108 cm³/mol. The molecule has 0 aliphatic heterocycles. The number of hydrogen-bond acceptors (Lipinski definition) is 0. The summed E-state index contributed by atoms with van der Waals surface area (Å²) in [6.07, 6.45) is 14.3. The Morgan fingerprint density at radius 2 is 1.54 bits per heavy atom. The van der Waals surface area contributed by atoms with Gasteiger partial charge in [0.25, 0.3) is 0 Å². The molecule has 2 heteroatoms. The van der Waals surface area contributed by atoms with Crippen LogP contribution in [0.2, 0.25) is 0 Å². The molecule has 0 saturated carbocycles. The van der Waals surface area contributed by atoms with Gasteiger partial charge in [-0.3, -0.25) is 12.2 Å². The molecule has 136 valence electrons. The minimum absolute atomic E-state index is 0. The third kappa shape index (κ3) is 10.8. The fourth-order valence-electron chi connectivity index (χ4n) is 2.16. The quantitative estimate of drug-likeness (QED) is 0.306. The molecule has 0 aromatic carbocycles. The van der Waals surface area contributed by atoms with E-state index < -0.39 is 0 Å². The van der Waals surface area contributed by atoms with E-state index in [-0.39, 0.29) is 14.9 Å². The summed E-state index contributed by atoms with van der Waals surface area (Å²) in [5.74, 6) is 0.521. The Balaban J connectivity index is -0.000000310. The summed E-state index contributed by atoms with van der Waals surface area (Å²) < 4.78 is 0. The van der Waals surface area contributed by atoms with Gasteiger partial charge in [-0.15, -0.1) is 13.3 Å². The van der Waals surface area contributed by atoms with Gasteiger partial charge < -0.3 is 14.9 Å². The van der Waals surface area contributed by atoms with E-state index in [1.165, 1.54) is 40.1 Å². The van der Waals surface area contributed by atoms with Crippen LogP contribution in [0.1, 0.15) is 61.8 Å². The summed E-state index contributed by atoms with van der Waals surface area (Å²) in [5, 5.41) is 0. The zero-order valence-corrected chi connectivity index (χ0v) is 21.0. The molecule has 2 radical (unpaired) electrons. The average Bonchev–Trinajstić information content (AvgIpc) is 3.00. The van der Waals surface area contributed by atoms with Crippen LogP contribution in [0.5, 0.6) is 0 Å². The summed E-state index contributed by atoms with van der Waals surface area (Å²) in [6.45, 7) is 20.8. The molecule has 1 unspecified atom stereocenters. The van der Waals surface area contributed by atoms with Gasteiger partial charge in [-0.05, 0) is 10.8 Å². The van der Waals surface area contributed by atoms with Crippen molar-refractivity contribution in [3.05, 3.63) is 62.0 Å². The third-order valence-electron chi connectivity index (χ3n) is 3.76. The molecular formula is C22H36SiZr-4. The second-order valence-electron chi connectivity index (χ2n) is 8.02. The van der Waals surface area contributed by atoms with Crippen molar-refractivity contribution in [3.63, 3.8) is 0 Å². The SMILES string of the molecule is CC1=CC(C(C)(C)C)[C-]=C1.CC1=[C-]CC(C(C)(C)C)=C1.[CH3-].[CH3-].[Si]=[Zr]. The minimum atomic E-state index is 0. The van der Waals surface area contributed by atoms with Crippen molar-refractivity contribution >= 4 is 6.88 Å². The zero-order chi connectivity index (χ0) is 17.6. The molecule has 0 bridgehead atoms. The van der Waals surface area contributed by atoms with E-state index in [1.807, 2.05) is 0 Å². The monoisotopic (exact) mass is 418 g/mol. The van der Waals surface area contributed by atoms with Crippen LogP contribution in [0.25, 0.3) is 0 Å². The van der Waals surface area contributed by atoms with Crippen molar-refractivity contribution in [2.75, 3.05) is 0 Å². The van der Waals surface area contributed by atoms with Crippen LogP contribution in [0.15, 0.2) is 34.9 Å². The van der Waals surface area contributed by atoms with Crippen molar-refractivity contribution in [3.8, 4) is 0 Å². The fraction of sp³-hybridized carbons (Fsp3) is 0.545. The Kier molecular flexibility index (Phi) is 14.9. The van der Waals surface area contributed by atoms with Gasteiger partial charge in [0.15, 0.2) is 0 Å². The maximum absolute atomic E-state index is 3.33. The van der Waals surface area contributed by atoms with Gasteiger partial charge in [-0.25, -0.2) is 23.3 Å². The van der Waals surface area contributed by atoms with Gasteiger partial charge in [0.1, 0.15) is 0 Å². The van der Waals surface area contributed by atoms with Crippen molar-refractivity contribution in [1.29, 1.82) is 0 Å². The van der Waals surface area contributed by atoms with E-state index >= 15 is 0 Å². The first-order valence-electron chi connectivity index (χ1n) is 7.81. The van der Waals surface area contributed by atoms with Crippen LogP contribution in [-0.4, -0.2) is 6.88 Å². The molecule has 0 aromatic heterocycles. The molecule has 2 aliphatic carbocycles. The van der Waals surface area contributed by atoms with Crippen LogP contribution in [0, 0.1) is 43.8 Å². The molecule has 0 amide bonds. The van der Waals surface area contributed by atoms with E-state index in [0.29, 0.717) is 16.7 Å². The Bertz CT molecular complexity index is 479. The Labute approximate surface area is 170 Å². The van der Waals surface area contributed by atoms with E-state index in [1.54, 1.807) is 0 Å². The van der Waals surface area contributed by atoms with E-state index in [4.69, 9.17) is 0 Å². The molecule has 1 atom stereocenters. The van der Waals surface area contributed by atoms with Crippen LogP contribution >= 0.6 is 0 Å². The molecule has 0 spiro atoms. The number of rotatable bonds is 0.